The highest BCUT2D eigenvalue weighted by Crippen LogP contribution is 2.46. The Morgan fingerprint density at radius 3 is 2.33 bits per heavy atom. The van der Waals surface area contributed by atoms with Crippen LogP contribution in [0.4, 0.5) is 14.5 Å². The normalized spacial score (nSPS) is 16.7. The summed E-state index contributed by atoms with van der Waals surface area (Å²) in [5.41, 5.74) is 2.93. The lowest BCUT2D eigenvalue weighted by molar-refractivity contribution is -0.119. The van der Waals surface area contributed by atoms with Crippen molar-refractivity contribution >= 4 is 21.6 Å². The average Bonchev–Trinajstić information content (AvgIpc) is 3.45. The number of rotatable bonds is 9. The third-order valence-corrected chi connectivity index (χ3v) is 9.52. The SMILES string of the molecule is C[C@H](CC(=O)N(Cc1nccn1C)c1ccc2c(c1)C(NS(=O)(=O)c1ccc(F)cc1)CC2(C)C)c1ccc(F)cc1. The molecule has 0 aliphatic heterocycles. The van der Waals surface area contributed by atoms with Crippen molar-refractivity contribution in [2.24, 2.45) is 7.05 Å². The van der Waals surface area contributed by atoms with Gasteiger partial charge in [0.1, 0.15) is 17.5 Å². The number of anilines is 1. The number of aryl methyl sites for hydroxylation is 1. The number of sulfonamides is 1. The van der Waals surface area contributed by atoms with Crippen LogP contribution in [0.3, 0.4) is 0 Å². The summed E-state index contributed by atoms with van der Waals surface area (Å²) in [7, 11) is -2.08. The summed E-state index contributed by atoms with van der Waals surface area (Å²) in [5.74, 6) is -0.468. The Morgan fingerprint density at radius 2 is 1.71 bits per heavy atom. The third-order valence-electron chi connectivity index (χ3n) is 8.03. The van der Waals surface area contributed by atoms with Gasteiger partial charge >= 0.3 is 0 Å². The van der Waals surface area contributed by atoms with Gasteiger partial charge in [-0.25, -0.2) is 26.9 Å². The van der Waals surface area contributed by atoms with Gasteiger partial charge in [-0.05, 0) is 83.0 Å². The molecule has 4 aromatic rings. The van der Waals surface area contributed by atoms with Crippen LogP contribution in [-0.2, 0) is 33.8 Å². The number of benzene rings is 3. The molecule has 3 aromatic carbocycles. The number of amides is 1. The molecule has 0 radical (unpaired) electrons. The lowest BCUT2D eigenvalue weighted by Gasteiger charge is -2.26. The molecular weight excluding hydrogens is 558 g/mol. The van der Waals surface area contributed by atoms with E-state index in [1.165, 1.54) is 24.3 Å². The minimum atomic E-state index is -3.94. The maximum atomic E-state index is 13.9. The molecule has 1 N–H and O–H groups in total. The molecule has 1 unspecified atom stereocenters. The largest absolute Gasteiger partial charge is 0.337 e. The van der Waals surface area contributed by atoms with Crippen LogP contribution >= 0.6 is 0 Å². The third kappa shape index (κ3) is 6.15. The number of hydrogen-bond donors (Lipinski definition) is 1. The standard InChI is InChI=1S/C32H34F2N4O3S/c1-21(22-5-7-23(33)8-6-22)17-31(39)38(20-30-35-15-16-37(30)4)25-11-14-28-27(18-25)29(19-32(28,2)3)36-42(40,41)26-12-9-24(34)10-13-26/h5-16,18,21,29,36H,17,19-20H2,1-4H3/t21-,29?/m1/s1. The van der Waals surface area contributed by atoms with Gasteiger partial charge < -0.3 is 9.47 Å². The van der Waals surface area contributed by atoms with Gasteiger partial charge in [0.15, 0.2) is 0 Å². The first kappa shape index (κ1) is 29.6. The van der Waals surface area contributed by atoms with Crippen molar-refractivity contribution in [3.8, 4) is 0 Å². The molecule has 5 rings (SSSR count). The molecule has 0 spiro atoms. The van der Waals surface area contributed by atoms with E-state index in [0.29, 0.717) is 17.9 Å². The van der Waals surface area contributed by atoms with Crippen molar-refractivity contribution in [2.45, 2.75) is 62.4 Å². The van der Waals surface area contributed by atoms with E-state index >= 15 is 0 Å². The van der Waals surface area contributed by atoms with E-state index in [2.05, 4.69) is 23.6 Å². The molecule has 42 heavy (non-hydrogen) atoms. The fourth-order valence-electron chi connectivity index (χ4n) is 5.62. The summed E-state index contributed by atoms with van der Waals surface area (Å²) in [6.45, 7) is 6.25. The molecule has 10 heteroatoms. The molecule has 0 bridgehead atoms. The van der Waals surface area contributed by atoms with Crippen molar-refractivity contribution in [3.63, 3.8) is 0 Å². The van der Waals surface area contributed by atoms with Gasteiger partial charge in [0, 0.05) is 37.6 Å². The van der Waals surface area contributed by atoms with E-state index in [1.807, 2.05) is 42.9 Å². The van der Waals surface area contributed by atoms with Gasteiger partial charge in [-0.15, -0.1) is 0 Å². The lowest BCUT2D eigenvalue weighted by atomic mass is 9.86. The number of halogens is 2. The van der Waals surface area contributed by atoms with Crippen molar-refractivity contribution < 1.29 is 22.0 Å². The smallest absolute Gasteiger partial charge is 0.241 e. The first-order chi connectivity index (χ1) is 19.8. The van der Waals surface area contributed by atoms with Gasteiger partial charge in [-0.2, -0.15) is 0 Å². The van der Waals surface area contributed by atoms with Crippen LogP contribution in [0.15, 0.2) is 84.0 Å². The zero-order chi connectivity index (χ0) is 30.2. The molecule has 7 nitrogen and oxygen atoms in total. The van der Waals surface area contributed by atoms with Crippen LogP contribution in [0.1, 0.15) is 68.1 Å². The van der Waals surface area contributed by atoms with E-state index < -0.39 is 21.9 Å². The molecular formula is C32H34F2N4O3S. The number of nitrogens with one attached hydrogen (secondary N) is 1. The van der Waals surface area contributed by atoms with Crippen LogP contribution in [0.5, 0.6) is 0 Å². The summed E-state index contributed by atoms with van der Waals surface area (Å²) in [6, 6.07) is 16.0. The summed E-state index contributed by atoms with van der Waals surface area (Å²) in [5, 5.41) is 0. The Kier molecular flexibility index (Phi) is 8.04. The summed E-state index contributed by atoms with van der Waals surface area (Å²) in [6.07, 6.45) is 4.18. The highest BCUT2D eigenvalue weighted by atomic mass is 32.2. The number of imidazole rings is 1. The zero-order valence-corrected chi connectivity index (χ0v) is 24.8. The zero-order valence-electron chi connectivity index (χ0n) is 24.0. The molecule has 1 aromatic heterocycles. The van der Waals surface area contributed by atoms with E-state index in [9.17, 15) is 22.0 Å². The van der Waals surface area contributed by atoms with Crippen molar-refractivity contribution in [1.29, 1.82) is 0 Å². The number of carbonyl (C=O) groups excluding carboxylic acids is 1. The van der Waals surface area contributed by atoms with E-state index in [4.69, 9.17) is 0 Å². The van der Waals surface area contributed by atoms with Gasteiger partial charge in [-0.1, -0.05) is 39.0 Å². The second kappa shape index (κ2) is 11.4. The van der Waals surface area contributed by atoms with Crippen molar-refractivity contribution in [3.05, 3.63) is 113 Å². The Labute approximate surface area is 245 Å². The lowest BCUT2D eigenvalue weighted by Crippen LogP contribution is -2.32. The van der Waals surface area contributed by atoms with Crippen LogP contribution in [-0.4, -0.2) is 23.9 Å². The minimum Gasteiger partial charge on any atom is -0.337 e. The van der Waals surface area contributed by atoms with Crippen LogP contribution in [0, 0.1) is 11.6 Å². The highest BCUT2D eigenvalue weighted by molar-refractivity contribution is 7.89. The first-order valence-corrected chi connectivity index (χ1v) is 15.3. The quantitative estimate of drug-likeness (QED) is 0.254. The Morgan fingerprint density at radius 1 is 1.07 bits per heavy atom. The Bertz CT molecular complexity index is 1700. The number of carbonyl (C=O) groups is 1. The van der Waals surface area contributed by atoms with E-state index in [1.54, 1.807) is 23.2 Å². The summed E-state index contributed by atoms with van der Waals surface area (Å²) in [4.78, 5) is 19.9. The molecule has 0 saturated heterocycles. The topological polar surface area (TPSA) is 84.3 Å². The number of fused-ring (bicyclic) bond motifs is 1. The molecule has 1 heterocycles. The molecule has 1 aliphatic carbocycles. The van der Waals surface area contributed by atoms with Gasteiger partial charge in [-0.3, -0.25) is 4.79 Å². The second-order valence-electron chi connectivity index (χ2n) is 11.6. The molecule has 1 aliphatic rings. The fourth-order valence-corrected chi connectivity index (χ4v) is 6.84. The molecule has 0 saturated carbocycles. The number of hydrogen-bond acceptors (Lipinski definition) is 4. The van der Waals surface area contributed by atoms with Gasteiger partial charge in [0.25, 0.3) is 0 Å². The fraction of sp³-hybridized carbons (Fsp3) is 0.312. The van der Waals surface area contributed by atoms with Crippen LogP contribution in [0.2, 0.25) is 0 Å². The minimum absolute atomic E-state index is 0.0207. The monoisotopic (exact) mass is 592 g/mol. The summed E-state index contributed by atoms with van der Waals surface area (Å²) < 4.78 is 58.1. The number of aromatic nitrogens is 2. The first-order valence-electron chi connectivity index (χ1n) is 13.8. The average molecular weight is 593 g/mol. The van der Waals surface area contributed by atoms with E-state index in [0.717, 1.165) is 28.8 Å². The van der Waals surface area contributed by atoms with E-state index in [-0.39, 0.29) is 40.9 Å². The van der Waals surface area contributed by atoms with Gasteiger partial charge in [0.2, 0.25) is 15.9 Å². The predicted molar refractivity (Wildman–Crippen MR) is 157 cm³/mol. The molecule has 220 valence electrons. The van der Waals surface area contributed by atoms with Crippen LogP contribution < -0.4 is 9.62 Å². The predicted octanol–water partition coefficient (Wildman–Crippen LogP) is 6.13. The van der Waals surface area contributed by atoms with Crippen molar-refractivity contribution in [1.82, 2.24) is 14.3 Å². The second-order valence-corrected chi connectivity index (χ2v) is 13.3. The number of nitrogens with zero attached hydrogens (tertiary/aromatic N) is 3. The maximum absolute atomic E-state index is 13.9. The van der Waals surface area contributed by atoms with Crippen LogP contribution in [0.25, 0.3) is 0 Å². The van der Waals surface area contributed by atoms with Crippen molar-refractivity contribution in [2.75, 3.05) is 4.90 Å². The summed E-state index contributed by atoms with van der Waals surface area (Å²) >= 11 is 0. The van der Waals surface area contributed by atoms with Gasteiger partial charge in [0.05, 0.1) is 11.4 Å². The Balaban J connectivity index is 1.48. The molecule has 2 atom stereocenters. The maximum Gasteiger partial charge on any atom is 0.241 e. The molecule has 0 fully saturated rings. The highest BCUT2D eigenvalue weighted by Gasteiger charge is 2.39. The Hall–Kier alpha value is -3.89. The molecule has 1 amide bonds.